The lowest BCUT2D eigenvalue weighted by Crippen LogP contribution is -2.27. The minimum atomic E-state index is -3.68. The van der Waals surface area contributed by atoms with Crippen LogP contribution in [-0.4, -0.2) is 21.3 Å². The van der Waals surface area contributed by atoms with E-state index in [-0.39, 0.29) is 9.23 Å². The Morgan fingerprint density at radius 1 is 1.44 bits per heavy atom. The van der Waals surface area contributed by atoms with Crippen LogP contribution in [0.15, 0.2) is 9.29 Å². The van der Waals surface area contributed by atoms with Gasteiger partial charge in [0.2, 0.25) is 0 Å². The van der Waals surface area contributed by atoms with E-state index in [9.17, 15) is 8.42 Å². The van der Waals surface area contributed by atoms with E-state index in [1.165, 1.54) is 6.34 Å². The quantitative estimate of drug-likeness (QED) is 0.843. The van der Waals surface area contributed by atoms with Crippen LogP contribution in [-0.2, 0) is 10.0 Å². The molecule has 0 N–H and O–H groups in total. The van der Waals surface area contributed by atoms with Crippen molar-refractivity contribution in [1.82, 2.24) is 0 Å². The number of hydrogen-bond donors (Lipinski definition) is 0. The third-order valence-electron chi connectivity index (χ3n) is 2.09. The molecule has 8 heteroatoms. The molecule has 0 saturated carbocycles. The number of sulfonamides is 1. The number of thiophene rings is 1. The molecule has 0 radical (unpaired) electrons. The molecule has 2 rings (SSSR count). The Balaban J connectivity index is 2.66. The van der Waals surface area contributed by atoms with Crippen molar-refractivity contribution >= 4 is 56.6 Å². The molecule has 0 spiro atoms. The second-order valence-electron chi connectivity index (χ2n) is 3.22. The van der Waals surface area contributed by atoms with Crippen LogP contribution in [0.25, 0.3) is 0 Å². The van der Waals surface area contributed by atoms with Crippen molar-refractivity contribution in [3.05, 3.63) is 8.67 Å². The number of halogens is 2. The molecule has 0 amide bonds. The van der Waals surface area contributed by atoms with E-state index in [0.29, 0.717) is 16.6 Å². The van der Waals surface area contributed by atoms with Crippen LogP contribution in [0.1, 0.15) is 13.3 Å². The maximum absolute atomic E-state index is 11.7. The average Bonchev–Trinajstić information content (AvgIpc) is 2.48. The van der Waals surface area contributed by atoms with Crippen LogP contribution >= 0.6 is 34.5 Å². The molecule has 0 fully saturated rings. The first-order chi connectivity index (χ1) is 7.47. The van der Waals surface area contributed by atoms with Crippen molar-refractivity contribution in [2.45, 2.75) is 18.2 Å². The molecular weight excluding hydrogens is 291 g/mol. The molecule has 16 heavy (non-hydrogen) atoms. The predicted octanol–water partition coefficient (Wildman–Crippen LogP) is 3.00. The molecule has 0 bridgehead atoms. The second kappa shape index (κ2) is 4.18. The predicted molar refractivity (Wildman–Crippen MR) is 67.7 cm³/mol. The molecule has 1 aliphatic heterocycles. The van der Waals surface area contributed by atoms with Gasteiger partial charge in [-0.05, 0) is 6.42 Å². The highest BCUT2D eigenvalue weighted by atomic mass is 35.5. The van der Waals surface area contributed by atoms with E-state index in [2.05, 4.69) is 4.40 Å². The van der Waals surface area contributed by atoms with Gasteiger partial charge in [-0.1, -0.05) is 30.1 Å². The summed E-state index contributed by atoms with van der Waals surface area (Å²) in [5, 5.41) is 0. The normalized spacial score (nSPS) is 17.6. The highest BCUT2D eigenvalue weighted by Gasteiger charge is 2.32. The molecule has 1 aliphatic rings. The van der Waals surface area contributed by atoms with E-state index in [0.717, 1.165) is 17.8 Å². The molecule has 0 aromatic carbocycles. The Hall–Kier alpha value is -0.300. The van der Waals surface area contributed by atoms with Gasteiger partial charge in [0.1, 0.15) is 19.9 Å². The molecule has 88 valence electrons. The van der Waals surface area contributed by atoms with Crippen LogP contribution in [0, 0.1) is 0 Å². The summed E-state index contributed by atoms with van der Waals surface area (Å²) in [5.74, 6) is 0. The van der Waals surface area contributed by atoms with E-state index < -0.39 is 10.0 Å². The fraction of sp³-hybridized carbons (Fsp3) is 0.375. The number of hydrogen-bond acceptors (Lipinski definition) is 4. The van der Waals surface area contributed by atoms with Crippen molar-refractivity contribution < 1.29 is 8.42 Å². The molecule has 0 unspecified atom stereocenters. The Morgan fingerprint density at radius 2 is 2.12 bits per heavy atom. The molecule has 0 atom stereocenters. The average molecular weight is 299 g/mol. The Labute approximate surface area is 108 Å². The van der Waals surface area contributed by atoms with Crippen LogP contribution in [0.5, 0.6) is 0 Å². The van der Waals surface area contributed by atoms with Crippen molar-refractivity contribution in [1.29, 1.82) is 0 Å². The van der Waals surface area contributed by atoms with Gasteiger partial charge in [0.25, 0.3) is 10.0 Å². The summed E-state index contributed by atoms with van der Waals surface area (Å²) in [6.07, 6.45) is 2.14. The zero-order valence-electron chi connectivity index (χ0n) is 8.27. The Morgan fingerprint density at radius 3 is 2.75 bits per heavy atom. The minimum absolute atomic E-state index is 0.0279. The lowest BCUT2D eigenvalue weighted by atomic mass is 10.4. The summed E-state index contributed by atoms with van der Waals surface area (Å²) >= 11 is 12.9. The van der Waals surface area contributed by atoms with Gasteiger partial charge in [0.05, 0.1) is 5.69 Å². The van der Waals surface area contributed by atoms with Gasteiger partial charge in [-0.2, -0.15) is 8.42 Å². The van der Waals surface area contributed by atoms with Gasteiger partial charge in [0.15, 0.2) is 0 Å². The summed E-state index contributed by atoms with van der Waals surface area (Å²) in [6.45, 7) is 2.64. The SMILES string of the molecule is CCCN1C=NS(=O)(=O)c2c(Cl)sc(Cl)c21. The number of nitrogens with zero attached hydrogens (tertiary/aromatic N) is 2. The maximum Gasteiger partial charge on any atom is 0.288 e. The molecular formula is C8H8Cl2N2O2S2. The monoisotopic (exact) mass is 298 g/mol. The third kappa shape index (κ3) is 1.84. The summed E-state index contributed by atoms with van der Waals surface area (Å²) in [6, 6.07) is 0. The molecule has 0 saturated heterocycles. The zero-order chi connectivity index (χ0) is 11.9. The van der Waals surface area contributed by atoms with Crippen molar-refractivity contribution in [3.8, 4) is 0 Å². The van der Waals surface area contributed by atoms with Crippen LogP contribution in [0.2, 0.25) is 8.67 Å². The van der Waals surface area contributed by atoms with E-state index in [1.54, 1.807) is 4.90 Å². The highest BCUT2D eigenvalue weighted by Crippen LogP contribution is 2.47. The van der Waals surface area contributed by atoms with Gasteiger partial charge in [-0.15, -0.1) is 15.7 Å². The van der Waals surface area contributed by atoms with Gasteiger partial charge in [-0.3, -0.25) is 0 Å². The van der Waals surface area contributed by atoms with Gasteiger partial charge in [0, 0.05) is 6.54 Å². The molecule has 4 nitrogen and oxygen atoms in total. The number of fused-ring (bicyclic) bond motifs is 1. The van der Waals surface area contributed by atoms with E-state index in [4.69, 9.17) is 23.2 Å². The first-order valence-electron chi connectivity index (χ1n) is 4.52. The molecule has 1 aromatic rings. The second-order valence-corrected chi connectivity index (χ2v) is 7.01. The fourth-order valence-electron chi connectivity index (χ4n) is 1.46. The smallest absolute Gasteiger partial charge is 0.288 e. The Bertz CT molecular complexity index is 551. The summed E-state index contributed by atoms with van der Waals surface area (Å²) < 4.78 is 27.4. The molecule has 1 aromatic heterocycles. The van der Waals surface area contributed by atoms with Gasteiger partial charge >= 0.3 is 0 Å². The van der Waals surface area contributed by atoms with Crippen molar-refractivity contribution in [2.24, 2.45) is 4.40 Å². The standard InChI is InChI=1S/C8H8Cl2N2O2S2/c1-2-3-12-4-11-16(13,14)6-5(12)7(9)15-8(6)10/h4H,2-3H2,1H3. The first kappa shape index (κ1) is 12.2. The fourth-order valence-corrected chi connectivity index (χ4v) is 4.86. The summed E-state index contributed by atoms with van der Waals surface area (Å²) in [5.41, 5.74) is 0.452. The van der Waals surface area contributed by atoms with Crippen LogP contribution < -0.4 is 4.90 Å². The zero-order valence-corrected chi connectivity index (χ0v) is 11.4. The highest BCUT2D eigenvalue weighted by molar-refractivity contribution is 7.90. The number of rotatable bonds is 2. The Kier molecular flexibility index (Phi) is 3.18. The third-order valence-corrected chi connectivity index (χ3v) is 5.21. The lowest BCUT2D eigenvalue weighted by Gasteiger charge is -2.22. The minimum Gasteiger partial charge on any atom is -0.329 e. The van der Waals surface area contributed by atoms with E-state index >= 15 is 0 Å². The number of anilines is 1. The summed E-state index contributed by atoms with van der Waals surface area (Å²) in [4.78, 5) is 1.74. The van der Waals surface area contributed by atoms with Crippen molar-refractivity contribution in [3.63, 3.8) is 0 Å². The largest absolute Gasteiger partial charge is 0.329 e. The molecule has 0 aliphatic carbocycles. The summed E-state index contributed by atoms with van der Waals surface area (Å²) in [7, 11) is -3.68. The topological polar surface area (TPSA) is 49.7 Å². The molecule has 2 heterocycles. The van der Waals surface area contributed by atoms with E-state index in [1.807, 2.05) is 6.92 Å². The maximum atomic E-state index is 11.7. The van der Waals surface area contributed by atoms with Gasteiger partial charge < -0.3 is 4.90 Å². The van der Waals surface area contributed by atoms with Crippen LogP contribution in [0.4, 0.5) is 5.69 Å². The van der Waals surface area contributed by atoms with Crippen molar-refractivity contribution in [2.75, 3.05) is 11.4 Å². The lowest BCUT2D eigenvalue weighted by molar-refractivity contribution is 0.597. The van der Waals surface area contributed by atoms with Crippen LogP contribution in [0.3, 0.4) is 0 Å². The van der Waals surface area contributed by atoms with Gasteiger partial charge in [-0.25, -0.2) is 0 Å². The first-order valence-corrected chi connectivity index (χ1v) is 7.53.